The molecule has 4 aliphatic rings. The van der Waals surface area contributed by atoms with Gasteiger partial charge in [-0.25, -0.2) is 0 Å². The molecule has 4 rings (SSSR count). The van der Waals surface area contributed by atoms with Crippen molar-refractivity contribution >= 4 is 5.97 Å². The van der Waals surface area contributed by atoms with Crippen LogP contribution in [0.5, 0.6) is 0 Å². The first-order chi connectivity index (χ1) is 13.1. The Balaban J connectivity index is 1.37. The fraction of sp³-hybridized carbons (Fsp3) is 0.960. The van der Waals surface area contributed by atoms with Gasteiger partial charge in [0, 0.05) is 0 Å². The maximum absolute atomic E-state index is 12.4. The van der Waals surface area contributed by atoms with E-state index >= 15 is 0 Å². The van der Waals surface area contributed by atoms with E-state index in [9.17, 15) is 4.79 Å². The average molecular weight is 377 g/mol. The molecule has 27 heavy (non-hydrogen) atoms. The van der Waals surface area contributed by atoms with E-state index in [2.05, 4.69) is 13.8 Å². The molecule has 0 spiro atoms. The van der Waals surface area contributed by atoms with Crippen molar-refractivity contribution < 1.29 is 9.53 Å². The summed E-state index contributed by atoms with van der Waals surface area (Å²) >= 11 is 0. The van der Waals surface area contributed by atoms with Crippen molar-refractivity contribution in [2.75, 3.05) is 6.61 Å². The monoisotopic (exact) mass is 376 g/mol. The van der Waals surface area contributed by atoms with E-state index in [0.717, 1.165) is 25.2 Å². The van der Waals surface area contributed by atoms with E-state index < -0.39 is 0 Å². The predicted molar refractivity (Wildman–Crippen MR) is 113 cm³/mol. The lowest BCUT2D eigenvalue weighted by Crippen LogP contribution is -2.46. The number of unbranched alkanes of at least 4 members (excludes halogenated alkanes) is 4. The van der Waals surface area contributed by atoms with Crippen LogP contribution in [0.15, 0.2) is 0 Å². The molecular weight excluding hydrogens is 332 g/mol. The molecule has 4 aliphatic carbocycles. The van der Waals surface area contributed by atoms with Crippen LogP contribution in [0.25, 0.3) is 0 Å². The lowest BCUT2D eigenvalue weighted by molar-refractivity contribution is -0.151. The summed E-state index contributed by atoms with van der Waals surface area (Å²) in [5, 5.41) is 0. The Bertz CT molecular complexity index is 436. The molecule has 0 atom stereocenters. The van der Waals surface area contributed by atoms with Crippen molar-refractivity contribution in [3.8, 4) is 0 Å². The minimum Gasteiger partial charge on any atom is -0.465 e. The SMILES string of the molecule is CCCCCCCOC(=O)C1CCC(C23CCC(CCC)(CC2)CC3)CC1. The van der Waals surface area contributed by atoms with E-state index in [-0.39, 0.29) is 11.9 Å². The van der Waals surface area contributed by atoms with E-state index in [1.54, 1.807) is 0 Å². The number of fused-ring (bicyclic) bond motifs is 3. The standard InChI is InChI=1S/C25H44O2/c1-3-5-6-7-8-20-27-23(26)21-9-11-22(12-10-21)25-17-14-24(13-4-2,15-18-25)16-19-25/h21-22H,3-20H2,1-2H3. The molecule has 0 aromatic rings. The summed E-state index contributed by atoms with van der Waals surface area (Å²) < 4.78 is 5.60. The van der Waals surface area contributed by atoms with Crippen molar-refractivity contribution in [2.45, 2.75) is 123 Å². The molecule has 2 bridgehead atoms. The predicted octanol–water partition coefficient (Wildman–Crippen LogP) is 7.45. The number of carbonyl (C=O) groups is 1. The van der Waals surface area contributed by atoms with Crippen LogP contribution in [-0.4, -0.2) is 12.6 Å². The van der Waals surface area contributed by atoms with E-state index in [1.165, 1.54) is 89.9 Å². The van der Waals surface area contributed by atoms with Gasteiger partial charge < -0.3 is 4.74 Å². The number of ether oxygens (including phenoxy) is 1. The van der Waals surface area contributed by atoms with Gasteiger partial charge in [-0.3, -0.25) is 4.79 Å². The molecule has 4 fully saturated rings. The first-order valence-electron chi connectivity index (χ1n) is 12.3. The molecule has 156 valence electrons. The second kappa shape index (κ2) is 9.79. The van der Waals surface area contributed by atoms with Crippen LogP contribution in [0, 0.1) is 22.7 Å². The molecule has 0 saturated heterocycles. The average Bonchev–Trinajstić information content (AvgIpc) is 2.72. The number of rotatable bonds is 10. The third kappa shape index (κ3) is 5.10. The third-order valence-corrected chi connectivity index (χ3v) is 8.66. The smallest absolute Gasteiger partial charge is 0.308 e. The van der Waals surface area contributed by atoms with Gasteiger partial charge in [0.25, 0.3) is 0 Å². The van der Waals surface area contributed by atoms with Gasteiger partial charge in [0.1, 0.15) is 0 Å². The van der Waals surface area contributed by atoms with Crippen molar-refractivity contribution in [2.24, 2.45) is 22.7 Å². The van der Waals surface area contributed by atoms with Crippen LogP contribution in [-0.2, 0) is 9.53 Å². The maximum Gasteiger partial charge on any atom is 0.308 e. The highest BCUT2D eigenvalue weighted by Gasteiger charge is 2.51. The number of hydrogen-bond donors (Lipinski definition) is 0. The van der Waals surface area contributed by atoms with E-state index in [4.69, 9.17) is 4.74 Å². The maximum atomic E-state index is 12.4. The van der Waals surface area contributed by atoms with Crippen LogP contribution >= 0.6 is 0 Å². The summed E-state index contributed by atoms with van der Waals surface area (Å²) in [6, 6.07) is 0. The summed E-state index contributed by atoms with van der Waals surface area (Å²) in [4.78, 5) is 12.4. The number of esters is 1. The van der Waals surface area contributed by atoms with Crippen LogP contribution < -0.4 is 0 Å². The molecule has 0 aromatic heterocycles. The Morgan fingerprint density at radius 1 is 0.815 bits per heavy atom. The molecular formula is C25H44O2. The van der Waals surface area contributed by atoms with Gasteiger partial charge >= 0.3 is 5.97 Å². The zero-order valence-corrected chi connectivity index (χ0v) is 18.2. The van der Waals surface area contributed by atoms with Gasteiger partial charge in [0.15, 0.2) is 0 Å². The van der Waals surface area contributed by atoms with Gasteiger partial charge in [0.05, 0.1) is 12.5 Å². The Morgan fingerprint density at radius 3 is 2.04 bits per heavy atom. The molecule has 0 heterocycles. The Hall–Kier alpha value is -0.530. The van der Waals surface area contributed by atoms with Crippen LogP contribution in [0.3, 0.4) is 0 Å². The van der Waals surface area contributed by atoms with Crippen molar-refractivity contribution in [1.29, 1.82) is 0 Å². The van der Waals surface area contributed by atoms with Gasteiger partial charge in [-0.2, -0.15) is 0 Å². The second-order valence-electron chi connectivity index (χ2n) is 10.2. The van der Waals surface area contributed by atoms with Gasteiger partial charge in [0.2, 0.25) is 0 Å². The molecule has 0 aliphatic heterocycles. The van der Waals surface area contributed by atoms with Crippen LogP contribution in [0.4, 0.5) is 0 Å². The molecule has 2 nitrogen and oxygen atoms in total. The number of carbonyl (C=O) groups excluding carboxylic acids is 1. The lowest BCUT2D eigenvalue weighted by Gasteiger charge is -2.57. The molecule has 0 aromatic carbocycles. The summed E-state index contributed by atoms with van der Waals surface area (Å²) in [5.41, 5.74) is 1.36. The highest BCUT2D eigenvalue weighted by Crippen LogP contribution is 2.63. The molecule has 0 radical (unpaired) electrons. The van der Waals surface area contributed by atoms with Crippen molar-refractivity contribution in [3.05, 3.63) is 0 Å². The van der Waals surface area contributed by atoms with Crippen LogP contribution in [0.1, 0.15) is 123 Å². The highest BCUT2D eigenvalue weighted by molar-refractivity contribution is 5.72. The largest absolute Gasteiger partial charge is 0.465 e. The fourth-order valence-electron chi connectivity index (χ4n) is 6.75. The minimum atomic E-state index is 0.107. The lowest BCUT2D eigenvalue weighted by atomic mass is 9.48. The Morgan fingerprint density at radius 2 is 1.44 bits per heavy atom. The number of hydrogen-bond acceptors (Lipinski definition) is 2. The van der Waals surface area contributed by atoms with Crippen molar-refractivity contribution in [3.63, 3.8) is 0 Å². The molecule has 4 saturated carbocycles. The highest BCUT2D eigenvalue weighted by atomic mass is 16.5. The summed E-state index contributed by atoms with van der Waals surface area (Å²) in [6.07, 6.45) is 22.5. The van der Waals surface area contributed by atoms with Crippen LogP contribution in [0.2, 0.25) is 0 Å². The van der Waals surface area contributed by atoms with Gasteiger partial charge in [-0.15, -0.1) is 0 Å². The van der Waals surface area contributed by atoms with Gasteiger partial charge in [-0.05, 0) is 93.8 Å². The zero-order valence-electron chi connectivity index (χ0n) is 18.2. The first-order valence-corrected chi connectivity index (χ1v) is 12.3. The first kappa shape index (κ1) is 21.2. The van der Waals surface area contributed by atoms with E-state index in [1.807, 2.05) is 0 Å². The molecule has 0 N–H and O–H groups in total. The second-order valence-corrected chi connectivity index (χ2v) is 10.2. The third-order valence-electron chi connectivity index (χ3n) is 8.66. The molecule has 0 amide bonds. The summed E-state index contributed by atoms with van der Waals surface area (Å²) in [5.74, 6) is 1.19. The summed E-state index contributed by atoms with van der Waals surface area (Å²) in [7, 11) is 0. The van der Waals surface area contributed by atoms with Crippen molar-refractivity contribution in [1.82, 2.24) is 0 Å². The van der Waals surface area contributed by atoms with Gasteiger partial charge in [-0.1, -0.05) is 46.0 Å². The molecule has 0 unspecified atom stereocenters. The summed E-state index contributed by atoms with van der Waals surface area (Å²) in [6.45, 7) is 5.24. The normalized spacial score (nSPS) is 35.9. The zero-order chi connectivity index (χ0) is 19.2. The minimum absolute atomic E-state index is 0.107. The Labute approximate surface area is 168 Å². The quantitative estimate of drug-likeness (QED) is 0.292. The molecule has 2 heteroatoms. The fourth-order valence-corrected chi connectivity index (χ4v) is 6.75. The van der Waals surface area contributed by atoms with E-state index in [0.29, 0.717) is 17.4 Å². The Kier molecular flexibility index (Phi) is 7.68. The topological polar surface area (TPSA) is 26.3 Å².